The van der Waals surface area contributed by atoms with Crippen LogP contribution in [0.2, 0.25) is 5.02 Å². The number of thiophene rings is 1. The number of rotatable bonds is 2. The summed E-state index contributed by atoms with van der Waals surface area (Å²) in [6.07, 6.45) is 0. The second-order valence-corrected chi connectivity index (χ2v) is 5.87. The number of benzene rings is 1. The molecule has 3 rings (SSSR count). The Bertz CT molecular complexity index is 802. The molecule has 2 heterocycles. The normalized spacial score (nSPS) is 10.9. The van der Waals surface area contributed by atoms with Gasteiger partial charge in [0.2, 0.25) is 5.95 Å². The van der Waals surface area contributed by atoms with E-state index in [0.717, 1.165) is 15.1 Å². The maximum Gasteiger partial charge on any atom is 0.223 e. The van der Waals surface area contributed by atoms with E-state index in [4.69, 9.17) is 17.3 Å². The predicted octanol–water partition coefficient (Wildman–Crippen LogP) is 4.12. The Hall–Kier alpha value is -1.92. The first-order valence-electron chi connectivity index (χ1n) is 5.79. The molecule has 102 valence electrons. The first-order valence-corrected chi connectivity index (χ1v) is 6.99. The summed E-state index contributed by atoms with van der Waals surface area (Å²) in [4.78, 5) is 10.1. The average Bonchev–Trinajstić information content (AvgIpc) is 2.75. The lowest BCUT2D eigenvalue weighted by atomic mass is 10.3. The van der Waals surface area contributed by atoms with Crippen molar-refractivity contribution in [2.24, 2.45) is 0 Å². The Morgan fingerprint density at radius 2 is 2.15 bits per heavy atom. The van der Waals surface area contributed by atoms with Crippen molar-refractivity contribution in [2.75, 3.05) is 11.1 Å². The van der Waals surface area contributed by atoms with Crippen molar-refractivity contribution in [1.29, 1.82) is 0 Å². The molecule has 0 saturated carbocycles. The van der Waals surface area contributed by atoms with Gasteiger partial charge in [-0.15, -0.1) is 11.3 Å². The third-order valence-electron chi connectivity index (χ3n) is 2.74. The summed E-state index contributed by atoms with van der Waals surface area (Å²) in [6, 6.07) is 6.67. The van der Waals surface area contributed by atoms with Crippen LogP contribution in [0.4, 0.5) is 21.8 Å². The number of hydrogen-bond acceptors (Lipinski definition) is 5. The molecule has 0 fully saturated rings. The molecule has 2 aromatic heterocycles. The van der Waals surface area contributed by atoms with Gasteiger partial charge in [-0.2, -0.15) is 4.98 Å². The fourth-order valence-electron chi connectivity index (χ4n) is 1.88. The Labute approximate surface area is 123 Å². The van der Waals surface area contributed by atoms with Crippen LogP contribution >= 0.6 is 22.9 Å². The van der Waals surface area contributed by atoms with Gasteiger partial charge in [-0.25, -0.2) is 9.37 Å². The standard InChI is InChI=1S/C13H10ClFN4S/c1-6-5-7-11(18-13(16)19-12(7)20-6)17-9-4-2-3-8(14)10(9)15/h2-5H,1H3,(H3,16,17,18,19). The molecule has 0 bridgehead atoms. The van der Waals surface area contributed by atoms with Crippen molar-refractivity contribution in [2.45, 2.75) is 6.92 Å². The van der Waals surface area contributed by atoms with E-state index < -0.39 is 5.82 Å². The third kappa shape index (κ3) is 2.28. The molecule has 4 nitrogen and oxygen atoms in total. The number of halogens is 2. The number of aromatic nitrogens is 2. The van der Waals surface area contributed by atoms with E-state index in [1.54, 1.807) is 12.1 Å². The van der Waals surface area contributed by atoms with Gasteiger partial charge in [0.05, 0.1) is 16.1 Å². The summed E-state index contributed by atoms with van der Waals surface area (Å²) in [7, 11) is 0. The van der Waals surface area contributed by atoms with Crippen molar-refractivity contribution >= 4 is 50.6 Å². The van der Waals surface area contributed by atoms with Gasteiger partial charge in [0.15, 0.2) is 5.82 Å². The van der Waals surface area contributed by atoms with Crippen molar-refractivity contribution < 1.29 is 4.39 Å². The minimum atomic E-state index is -0.522. The molecule has 3 N–H and O–H groups in total. The summed E-state index contributed by atoms with van der Waals surface area (Å²) in [6.45, 7) is 1.96. The fourth-order valence-corrected chi connectivity index (χ4v) is 2.94. The number of nitrogens with one attached hydrogen (secondary N) is 1. The highest BCUT2D eigenvalue weighted by Gasteiger charge is 2.12. The molecule has 3 aromatic rings. The highest BCUT2D eigenvalue weighted by molar-refractivity contribution is 7.18. The van der Waals surface area contributed by atoms with Crippen LogP contribution in [0, 0.1) is 12.7 Å². The summed E-state index contributed by atoms with van der Waals surface area (Å²) < 4.78 is 13.9. The highest BCUT2D eigenvalue weighted by Crippen LogP contribution is 2.32. The van der Waals surface area contributed by atoms with Gasteiger partial charge in [-0.05, 0) is 25.1 Å². The van der Waals surface area contributed by atoms with Gasteiger partial charge >= 0.3 is 0 Å². The van der Waals surface area contributed by atoms with E-state index >= 15 is 0 Å². The van der Waals surface area contributed by atoms with Gasteiger partial charge in [0.25, 0.3) is 0 Å². The Morgan fingerprint density at radius 1 is 1.35 bits per heavy atom. The van der Waals surface area contributed by atoms with Crippen molar-refractivity contribution in [3.8, 4) is 0 Å². The molecule has 7 heteroatoms. The molecule has 0 radical (unpaired) electrons. The molecule has 0 amide bonds. The van der Waals surface area contributed by atoms with Crippen molar-refractivity contribution in [3.63, 3.8) is 0 Å². The molecular weight excluding hydrogens is 299 g/mol. The molecule has 0 aliphatic carbocycles. The zero-order valence-electron chi connectivity index (χ0n) is 10.4. The molecular formula is C13H10ClFN4S. The molecule has 0 aliphatic rings. The largest absolute Gasteiger partial charge is 0.368 e. The van der Waals surface area contributed by atoms with Crippen LogP contribution < -0.4 is 11.1 Å². The molecule has 20 heavy (non-hydrogen) atoms. The minimum absolute atomic E-state index is 0.0507. The molecule has 0 spiro atoms. The van der Waals surface area contributed by atoms with Crippen LogP contribution in [0.3, 0.4) is 0 Å². The zero-order chi connectivity index (χ0) is 14.3. The van der Waals surface area contributed by atoms with Gasteiger partial charge in [-0.1, -0.05) is 17.7 Å². The van der Waals surface area contributed by atoms with Crippen LogP contribution in [0.1, 0.15) is 4.88 Å². The van der Waals surface area contributed by atoms with E-state index in [1.165, 1.54) is 17.4 Å². The first-order chi connectivity index (χ1) is 9.54. The highest BCUT2D eigenvalue weighted by atomic mass is 35.5. The third-order valence-corrected chi connectivity index (χ3v) is 3.97. The summed E-state index contributed by atoms with van der Waals surface area (Å²) in [5.41, 5.74) is 5.93. The topological polar surface area (TPSA) is 63.8 Å². The summed E-state index contributed by atoms with van der Waals surface area (Å²) in [5.74, 6) is 0.0914. The number of fused-ring (bicyclic) bond motifs is 1. The van der Waals surface area contributed by atoms with Gasteiger partial charge in [-0.3, -0.25) is 0 Å². The lowest BCUT2D eigenvalue weighted by molar-refractivity contribution is 0.632. The minimum Gasteiger partial charge on any atom is -0.368 e. The average molecular weight is 309 g/mol. The maximum atomic E-state index is 13.9. The first kappa shape index (κ1) is 13.1. The van der Waals surface area contributed by atoms with Crippen LogP contribution in [0.5, 0.6) is 0 Å². The van der Waals surface area contributed by atoms with E-state index in [9.17, 15) is 4.39 Å². The van der Waals surface area contributed by atoms with Crippen LogP contribution in [0.25, 0.3) is 10.2 Å². The van der Waals surface area contributed by atoms with Crippen molar-refractivity contribution in [3.05, 3.63) is 40.0 Å². The Balaban J connectivity index is 2.12. The number of nitrogens with zero attached hydrogens (tertiary/aromatic N) is 2. The second kappa shape index (κ2) is 4.88. The van der Waals surface area contributed by atoms with E-state index in [2.05, 4.69) is 15.3 Å². The molecule has 0 unspecified atom stereocenters. The number of aryl methyl sites for hydroxylation is 1. The number of anilines is 3. The lowest BCUT2D eigenvalue weighted by Crippen LogP contribution is -2.01. The van der Waals surface area contributed by atoms with E-state index in [1.807, 2.05) is 13.0 Å². The summed E-state index contributed by atoms with van der Waals surface area (Å²) >= 11 is 7.27. The number of hydrogen-bond donors (Lipinski definition) is 2. The van der Waals surface area contributed by atoms with Gasteiger partial charge in [0, 0.05) is 4.88 Å². The second-order valence-electron chi connectivity index (χ2n) is 4.23. The molecule has 0 saturated heterocycles. The quantitative estimate of drug-likeness (QED) is 0.747. The molecule has 1 aromatic carbocycles. The fraction of sp³-hybridized carbons (Fsp3) is 0.0769. The van der Waals surface area contributed by atoms with Crippen LogP contribution in [-0.4, -0.2) is 9.97 Å². The maximum absolute atomic E-state index is 13.9. The Kier molecular flexibility index (Phi) is 3.19. The zero-order valence-corrected chi connectivity index (χ0v) is 12.0. The Morgan fingerprint density at radius 3 is 2.95 bits per heavy atom. The van der Waals surface area contributed by atoms with Crippen molar-refractivity contribution in [1.82, 2.24) is 9.97 Å². The lowest BCUT2D eigenvalue weighted by Gasteiger charge is -2.09. The summed E-state index contributed by atoms with van der Waals surface area (Å²) in [5, 5.41) is 3.78. The van der Waals surface area contributed by atoms with Crippen LogP contribution in [0.15, 0.2) is 24.3 Å². The van der Waals surface area contributed by atoms with E-state index in [0.29, 0.717) is 5.82 Å². The number of nitrogen functional groups attached to an aromatic ring is 1. The molecule has 0 aliphatic heterocycles. The van der Waals surface area contributed by atoms with E-state index in [-0.39, 0.29) is 16.7 Å². The number of nitrogens with two attached hydrogens (primary N) is 1. The molecule has 0 atom stereocenters. The van der Waals surface area contributed by atoms with Gasteiger partial charge < -0.3 is 11.1 Å². The monoisotopic (exact) mass is 308 g/mol. The van der Waals surface area contributed by atoms with Gasteiger partial charge in [0.1, 0.15) is 10.6 Å². The smallest absolute Gasteiger partial charge is 0.223 e. The SMILES string of the molecule is Cc1cc2c(Nc3cccc(Cl)c3F)nc(N)nc2s1. The van der Waals surface area contributed by atoms with Crippen LogP contribution in [-0.2, 0) is 0 Å². The predicted molar refractivity (Wildman–Crippen MR) is 81.3 cm³/mol.